The van der Waals surface area contributed by atoms with Gasteiger partial charge in [0.2, 0.25) is 0 Å². The van der Waals surface area contributed by atoms with Crippen LogP contribution in [0, 0.1) is 6.20 Å². The fourth-order valence-corrected chi connectivity index (χ4v) is 1.25. The first-order valence-corrected chi connectivity index (χ1v) is 4.16. The summed E-state index contributed by atoms with van der Waals surface area (Å²) in [6.45, 7) is 2.10. The van der Waals surface area contributed by atoms with E-state index in [1.54, 1.807) is 0 Å². The summed E-state index contributed by atoms with van der Waals surface area (Å²) in [7, 11) is 0. The van der Waals surface area contributed by atoms with E-state index in [-0.39, 0.29) is 0 Å². The molecule has 1 aromatic heterocycles. The number of hydrogen-bond donors (Lipinski definition) is 0. The molecule has 0 atom stereocenters. The number of nitrogens with zero attached hydrogens (tertiary/aromatic N) is 1. The molecule has 0 aliphatic heterocycles. The lowest BCUT2D eigenvalue weighted by Crippen LogP contribution is -1.85. The molecule has 2 aromatic rings. The molecular formula is C11H10N. The number of pyridine rings is 1. The zero-order chi connectivity index (χ0) is 8.39. The Morgan fingerprint density at radius 2 is 2.17 bits per heavy atom. The maximum Gasteiger partial charge on any atom is 0.0974 e. The zero-order valence-electron chi connectivity index (χ0n) is 7.04. The van der Waals surface area contributed by atoms with Gasteiger partial charge in [0, 0.05) is 11.1 Å². The smallest absolute Gasteiger partial charge is 0.0974 e. The Labute approximate surface area is 72.1 Å². The maximum absolute atomic E-state index is 4.20. The molecule has 1 radical (unpaired) electrons. The van der Waals surface area contributed by atoms with Crippen LogP contribution in [0.25, 0.3) is 10.8 Å². The van der Waals surface area contributed by atoms with Gasteiger partial charge in [-0.05, 0) is 17.9 Å². The van der Waals surface area contributed by atoms with Gasteiger partial charge in [-0.1, -0.05) is 31.2 Å². The molecule has 1 heterocycles. The molecule has 0 bridgehead atoms. The molecule has 2 rings (SSSR count). The van der Waals surface area contributed by atoms with Crippen molar-refractivity contribution in [2.75, 3.05) is 0 Å². The Kier molecular flexibility index (Phi) is 1.78. The first kappa shape index (κ1) is 7.29. The van der Waals surface area contributed by atoms with Crippen LogP contribution in [-0.2, 0) is 6.42 Å². The van der Waals surface area contributed by atoms with Gasteiger partial charge in [0.25, 0.3) is 0 Å². The maximum atomic E-state index is 4.20. The minimum atomic E-state index is 0.974. The van der Waals surface area contributed by atoms with Crippen molar-refractivity contribution in [3.8, 4) is 0 Å². The van der Waals surface area contributed by atoms with Gasteiger partial charge in [0.05, 0.1) is 6.20 Å². The molecule has 0 aliphatic carbocycles. The summed E-state index contributed by atoms with van der Waals surface area (Å²) in [5.74, 6) is 0. The van der Waals surface area contributed by atoms with Gasteiger partial charge in [-0.2, -0.15) is 0 Å². The highest BCUT2D eigenvalue weighted by Gasteiger charge is 1.94. The lowest BCUT2D eigenvalue weighted by molar-refractivity contribution is 1.04. The molecule has 0 amide bonds. The Morgan fingerprint density at radius 1 is 1.33 bits per heavy atom. The summed E-state index contributed by atoms with van der Waals surface area (Å²) in [5.41, 5.74) is 1.11. The van der Waals surface area contributed by atoms with Crippen molar-refractivity contribution in [2.24, 2.45) is 0 Å². The molecule has 0 fully saturated rings. The van der Waals surface area contributed by atoms with E-state index >= 15 is 0 Å². The number of rotatable bonds is 1. The third-order valence-corrected chi connectivity index (χ3v) is 1.97. The molecule has 59 valence electrons. The van der Waals surface area contributed by atoms with E-state index in [1.165, 1.54) is 5.39 Å². The first-order valence-electron chi connectivity index (χ1n) is 4.16. The zero-order valence-corrected chi connectivity index (χ0v) is 7.04. The van der Waals surface area contributed by atoms with Crippen LogP contribution in [0.3, 0.4) is 0 Å². The van der Waals surface area contributed by atoms with Gasteiger partial charge < -0.3 is 0 Å². The van der Waals surface area contributed by atoms with Crippen molar-refractivity contribution in [2.45, 2.75) is 13.3 Å². The number of aryl methyl sites for hydroxylation is 1. The minimum Gasteiger partial charge on any atom is -0.251 e. The minimum absolute atomic E-state index is 0.974. The van der Waals surface area contributed by atoms with Crippen molar-refractivity contribution in [3.05, 3.63) is 42.2 Å². The molecular weight excluding hydrogens is 146 g/mol. The van der Waals surface area contributed by atoms with Crippen LogP contribution in [-0.4, -0.2) is 4.98 Å². The highest BCUT2D eigenvalue weighted by atomic mass is 14.7. The molecule has 1 nitrogen and oxygen atoms in total. The van der Waals surface area contributed by atoms with Crippen molar-refractivity contribution in [1.29, 1.82) is 0 Å². The molecule has 12 heavy (non-hydrogen) atoms. The Hall–Kier alpha value is -1.37. The van der Waals surface area contributed by atoms with Gasteiger partial charge >= 0.3 is 0 Å². The van der Waals surface area contributed by atoms with Crippen LogP contribution in [0.5, 0.6) is 0 Å². The predicted molar refractivity (Wildman–Crippen MR) is 50.0 cm³/mol. The molecule has 0 unspecified atom stereocenters. The molecule has 0 saturated carbocycles. The van der Waals surface area contributed by atoms with Gasteiger partial charge in [0.15, 0.2) is 0 Å². The highest BCUT2D eigenvalue weighted by Crippen LogP contribution is 2.12. The molecule has 0 spiro atoms. The third kappa shape index (κ3) is 1.18. The normalized spacial score (nSPS) is 10.4. The lowest BCUT2D eigenvalue weighted by Gasteiger charge is -1.97. The number of aromatic nitrogens is 1. The third-order valence-electron chi connectivity index (χ3n) is 1.97. The standard InChI is InChI=1S/C11H10N/c1-2-11-7-9-5-3-4-6-10(9)8-12-11/h3-7H,2H2,1H3. The number of benzene rings is 1. The lowest BCUT2D eigenvalue weighted by atomic mass is 10.1. The van der Waals surface area contributed by atoms with Crippen LogP contribution in [0.4, 0.5) is 0 Å². The average molecular weight is 156 g/mol. The second-order valence-corrected chi connectivity index (χ2v) is 2.80. The van der Waals surface area contributed by atoms with Crippen LogP contribution in [0.2, 0.25) is 0 Å². The van der Waals surface area contributed by atoms with Gasteiger partial charge in [-0.25, -0.2) is 0 Å². The van der Waals surface area contributed by atoms with E-state index in [9.17, 15) is 0 Å². The molecule has 0 N–H and O–H groups in total. The topological polar surface area (TPSA) is 12.9 Å². The Morgan fingerprint density at radius 3 is 3.00 bits per heavy atom. The molecule has 0 saturated heterocycles. The summed E-state index contributed by atoms with van der Waals surface area (Å²) in [6, 6.07) is 10.3. The SMILES string of the molecule is CCc1cc2ccccc2[c]n1. The van der Waals surface area contributed by atoms with Gasteiger partial charge in [-0.15, -0.1) is 0 Å². The predicted octanol–water partition coefficient (Wildman–Crippen LogP) is 2.60. The van der Waals surface area contributed by atoms with E-state index < -0.39 is 0 Å². The van der Waals surface area contributed by atoms with Crippen LogP contribution in [0.1, 0.15) is 12.6 Å². The van der Waals surface area contributed by atoms with Crippen molar-refractivity contribution >= 4 is 10.8 Å². The summed E-state index contributed by atoms with van der Waals surface area (Å²) in [6.07, 6.45) is 3.99. The fraction of sp³-hybridized carbons (Fsp3) is 0.182. The Balaban J connectivity index is 2.67. The fourth-order valence-electron chi connectivity index (χ4n) is 1.25. The second kappa shape index (κ2) is 2.94. The number of fused-ring (bicyclic) bond motifs is 1. The first-order chi connectivity index (χ1) is 5.90. The molecule has 0 aliphatic rings. The average Bonchev–Trinajstić information content (AvgIpc) is 2.17. The summed E-state index contributed by atoms with van der Waals surface area (Å²) >= 11 is 0. The quantitative estimate of drug-likeness (QED) is 0.618. The van der Waals surface area contributed by atoms with E-state index in [4.69, 9.17) is 0 Å². The summed E-state index contributed by atoms with van der Waals surface area (Å²) in [4.78, 5) is 4.20. The van der Waals surface area contributed by atoms with Gasteiger partial charge in [0.1, 0.15) is 0 Å². The Bertz CT molecular complexity index is 393. The van der Waals surface area contributed by atoms with E-state index in [0.29, 0.717) is 0 Å². The van der Waals surface area contributed by atoms with E-state index in [2.05, 4.69) is 30.2 Å². The van der Waals surface area contributed by atoms with E-state index in [1.807, 2.05) is 18.2 Å². The van der Waals surface area contributed by atoms with Crippen LogP contribution in [0.15, 0.2) is 30.3 Å². The van der Waals surface area contributed by atoms with Crippen molar-refractivity contribution < 1.29 is 0 Å². The monoisotopic (exact) mass is 156 g/mol. The van der Waals surface area contributed by atoms with Crippen LogP contribution >= 0.6 is 0 Å². The van der Waals surface area contributed by atoms with Crippen molar-refractivity contribution in [3.63, 3.8) is 0 Å². The summed E-state index contributed by atoms with van der Waals surface area (Å²) < 4.78 is 0. The highest BCUT2D eigenvalue weighted by molar-refractivity contribution is 5.81. The molecule has 1 heteroatoms. The molecule has 1 aromatic carbocycles. The van der Waals surface area contributed by atoms with Crippen LogP contribution < -0.4 is 0 Å². The van der Waals surface area contributed by atoms with E-state index in [0.717, 1.165) is 17.5 Å². The van der Waals surface area contributed by atoms with Crippen molar-refractivity contribution in [1.82, 2.24) is 4.98 Å². The largest absolute Gasteiger partial charge is 0.251 e. The second-order valence-electron chi connectivity index (χ2n) is 2.80. The number of hydrogen-bond acceptors (Lipinski definition) is 1. The summed E-state index contributed by atoms with van der Waals surface area (Å²) in [5, 5.41) is 2.32. The van der Waals surface area contributed by atoms with Gasteiger partial charge in [-0.3, -0.25) is 4.98 Å².